The van der Waals surface area contributed by atoms with E-state index in [1.54, 1.807) is 0 Å². The van der Waals surface area contributed by atoms with Crippen LogP contribution in [0.5, 0.6) is 11.5 Å². The number of piperidine rings is 2. The highest BCUT2D eigenvalue weighted by molar-refractivity contribution is 5.95. The average molecular weight is 330 g/mol. The highest BCUT2D eigenvalue weighted by Gasteiger charge is 2.39. The minimum atomic E-state index is 0.124. The topological polar surface area (TPSA) is 42.0 Å². The van der Waals surface area contributed by atoms with Crippen LogP contribution in [0.25, 0.3) is 0 Å². The fourth-order valence-electron chi connectivity index (χ4n) is 4.53. The number of nitrogens with zero attached hydrogens (tertiary/aromatic N) is 2. The molecule has 5 nitrogen and oxygen atoms in total. The largest absolute Gasteiger partial charge is 0.486 e. The van der Waals surface area contributed by atoms with Crippen molar-refractivity contribution in [1.29, 1.82) is 0 Å². The number of hydrogen-bond acceptors (Lipinski definition) is 4. The lowest BCUT2D eigenvalue weighted by Crippen LogP contribution is -2.52. The number of carbonyl (C=O) groups is 1. The van der Waals surface area contributed by atoms with Gasteiger partial charge in [0.2, 0.25) is 0 Å². The fourth-order valence-corrected chi connectivity index (χ4v) is 4.53. The number of amides is 1. The van der Waals surface area contributed by atoms with Crippen molar-refractivity contribution in [2.45, 2.75) is 25.7 Å². The predicted octanol–water partition coefficient (Wildman–Crippen LogP) is 2.41. The standard InChI is InChI=1S/C19H26N2O3/c1-20-8-2-6-19(13-20)7-3-9-21(14-19)18(22)15-4-5-16-17(12-15)24-11-10-23-16/h4-5,12H,2-3,6-11,13-14H2,1H3/t19-/m0/s1. The Morgan fingerprint density at radius 3 is 2.58 bits per heavy atom. The van der Waals surface area contributed by atoms with Gasteiger partial charge >= 0.3 is 0 Å². The van der Waals surface area contributed by atoms with Crippen molar-refractivity contribution in [1.82, 2.24) is 9.80 Å². The lowest BCUT2D eigenvalue weighted by atomic mass is 9.74. The summed E-state index contributed by atoms with van der Waals surface area (Å²) in [6.07, 6.45) is 4.82. The highest BCUT2D eigenvalue weighted by Crippen LogP contribution is 2.39. The van der Waals surface area contributed by atoms with Crippen LogP contribution in [0.15, 0.2) is 18.2 Å². The number of likely N-dealkylation sites (tertiary alicyclic amines) is 2. The third-order valence-corrected chi connectivity index (χ3v) is 5.59. The Morgan fingerprint density at radius 2 is 1.79 bits per heavy atom. The van der Waals surface area contributed by atoms with Gasteiger partial charge in [-0.1, -0.05) is 0 Å². The first-order chi connectivity index (χ1) is 11.7. The molecule has 3 aliphatic heterocycles. The maximum absolute atomic E-state index is 13.0. The van der Waals surface area contributed by atoms with Crippen molar-refractivity contribution in [3.8, 4) is 11.5 Å². The molecule has 130 valence electrons. The molecule has 3 aliphatic rings. The molecule has 0 aliphatic carbocycles. The Labute approximate surface area is 143 Å². The molecule has 2 fully saturated rings. The summed E-state index contributed by atoms with van der Waals surface area (Å²) in [4.78, 5) is 17.5. The van der Waals surface area contributed by atoms with Crippen molar-refractivity contribution in [2.24, 2.45) is 5.41 Å². The van der Waals surface area contributed by atoms with Gasteiger partial charge in [-0.3, -0.25) is 4.79 Å². The van der Waals surface area contributed by atoms with Gasteiger partial charge in [0.15, 0.2) is 11.5 Å². The Bertz CT molecular complexity index is 629. The molecule has 0 unspecified atom stereocenters. The second-order valence-corrected chi connectivity index (χ2v) is 7.53. The maximum Gasteiger partial charge on any atom is 0.254 e. The monoisotopic (exact) mass is 330 g/mol. The van der Waals surface area contributed by atoms with E-state index >= 15 is 0 Å². The molecule has 1 aromatic rings. The van der Waals surface area contributed by atoms with Gasteiger partial charge in [-0.25, -0.2) is 0 Å². The molecular weight excluding hydrogens is 304 g/mol. The number of rotatable bonds is 1. The van der Waals surface area contributed by atoms with Crippen LogP contribution in [0.4, 0.5) is 0 Å². The molecule has 5 heteroatoms. The van der Waals surface area contributed by atoms with E-state index in [9.17, 15) is 4.79 Å². The highest BCUT2D eigenvalue weighted by atomic mass is 16.6. The van der Waals surface area contributed by atoms with Crippen LogP contribution in [-0.2, 0) is 0 Å². The van der Waals surface area contributed by atoms with E-state index in [2.05, 4.69) is 11.9 Å². The van der Waals surface area contributed by atoms with Crippen LogP contribution >= 0.6 is 0 Å². The van der Waals surface area contributed by atoms with Gasteiger partial charge < -0.3 is 19.3 Å². The molecule has 1 aromatic carbocycles. The lowest BCUT2D eigenvalue weighted by Gasteiger charge is -2.47. The molecule has 24 heavy (non-hydrogen) atoms. The molecule has 1 spiro atoms. The van der Waals surface area contributed by atoms with Crippen LogP contribution in [0, 0.1) is 5.41 Å². The molecule has 0 N–H and O–H groups in total. The van der Waals surface area contributed by atoms with Crippen LogP contribution in [0.1, 0.15) is 36.0 Å². The minimum absolute atomic E-state index is 0.124. The van der Waals surface area contributed by atoms with Gasteiger partial charge in [0.25, 0.3) is 5.91 Å². The molecule has 1 amide bonds. The predicted molar refractivity (Wildman–Crippen MR) is 91.7 cm³/mol. The maximum atomic E-state index is 13.0. The van der Waals surface area contributed by atoms with Gasteiger partial charge in [0.05, 0.1) is 0 Å². The first-order valence-electron chi connectivity index (χ1n) is 9.03. The van der Waals surface area contributed by atoms with E-state index in [4.69, 9.17) is 9.47 Å². The van der Waals surface area contributed by atoms with E-state index in [-0.39, 0.29) is 11.3 Å². The Balaban J connectivity index is 1.51. The summed E-state index contributed by atoms with van der Waals surface area (Å²) in [7, 11) is 2.20. The van der Waals surface area contributed by atoms with Crippen molar-refractivity contribution < 1.29 is 14.3 Å². The number of benzene rings is 1. The molecule has 0 radical (unpaired) electrons. The third-order valence-electron chi connectivity index (χ3n) is 5.59. The normalized spacial score (nSPS) is 27.3. The van der Waals surface area contributed by atoms with Crippen LogP contribution in [0.2, 0.25) is 0 Å². The van der Waals surface area contributed by atoms with Gasteiger partial charge in [-0.05, 0) is 57.5 Å². The van der Waals surface area contributed by atoms with E-state index in [1.807, 2.05) is 23.1 Å². The molecule has 1 atom stereocenters. The second kappa shape index (κ2) is 6.28. The van der Waals surface area contributed by atoms with Crippen LogP contribution in [-0.4, -0.2) is 62.1 Å². The first kappa shape index (κ1) is 15.8. The molecule has 3 heterocycles. The van der Waals surface area contributed by atoms with Crippen molar-refractivity contribution >= 4 is 5.91 Å². The van der Waals surface area contributed by atoms with E-state index in [0.29, 0.717) is 24.5 Å². The molecular formula is C19H26N2O3. The zero-order valence-electron chi connectivity index (χ0n) is 14.4. The van der Waals surface area contributed by atoms with Crippen molar-refractivity contribution in [3.05, 3.63) is 23.8 Å². The SMILES string of the molecule is CN1CCC[C@]2(CCCN(C(=O)c3ccc4c(c3)OCCO4)C2)C1. The minimum Gasteiger partial charge on any atom is -0.486 e. The summed E-state index contributed by atoms with van der Waals surface area (Å²) in [5.41, 5.74) is 0.995. The fraction of sp³-hybridized carbons (Fsp3) is 0.632. The zero-order valence-corrected chi connectivity index (χ0v) is 14.4. The average Bonchev–Trinajstić information content (AvgIpc) is 2.60. The summed E-state index contributed by atoms with van der Waals surface area (Å²) in [5.74, 6) is 1.55. The van der Waals surface area contributed by atoms with Crippen LogP contribution in [0.3, 0.4) is 0 Å². The van der Waals surface area contributed by atoms with E-state index in [0.717, 1.165) is 31.8 Å². The number of fused-ring (bicyclic) bond motifs is 1. The number of ether oxygens (including phenoxy) is 2. The molecule has 2 saturated heterocycles. The van der Waals surface area contributed by atoms with E-state index < -0.39 is 0 Å². The Hall–Kier alpha value is -1.75. The van der Waals surface area contributed by atoms with Gasteiger partial charge in [0.1, 0.15) is 13.2 Å². The summed E-state index contributed by atoms with van der Waals surface area (Å²) in [6.45, 7) is 5.14. The molecule has 4 rings (SSSR count). The summed E-state index contributed by atoms with van der Waals surface area (Å²) >= 11 is 0. The molecule has 0 aromatic heterocycles. The van der Waals surface area contributed by atoms with E-state index in [1.165, 1.54) is 25.8 Å². The summed E-state index contributed by atoms with van der Waals surface area (Å²) < 4.78 is 11.2. The number of hydrogen-bond donors (Lipinski definition) is 0. The Kier molecular flexibility index (Phi) is 4.12. The van der Waals surface area contributed by atoms with Gasteiger partial charge in [-0.2, -0.15) is 0 Å². The smallest absolute Gasteiger partial charge is 0.254 e. The first-order valence-corrected chi connectivity index (χ1v) is 9.03. The molecule has 0 bridgehead atoms. The number of carbonyl (C=O) groups excluding carboxylic acids is 1. The van der Waals surface area contributed by atoms with Crippen molar-refractivity contribution in [2.75, 3.05) is 46.4 Å². The van der Waals surface area contributed by atoms with Gasteiger partial charge in [-0.15, -0.1) is 0 Å². The van der Waals surface area contributed by atoms with Crippen LogP contribution < -0.4 is 9.47 Å². The van der Waals surface area contributed by atoms with Gasteiger partial charge in [0, 0.05) is 30.6 Å². The Morgan fingerprint density at radius 1 is 1.04 bits per heavy atom. The van der Waals surface area contributed by atoms with Crippen molar-refractivity contribution in [3.63, 3.8) is 0 Å². The summed E-state index contributed by atoms with van der Waals surface area (Å²) in [6, 6.07) is 5.56. The summed E-state index contributed by atoms with van der Waals surface area (Å²) in [5, 5.41) is 0. The zero-order chi connectivity index (χ0) is 16.6. The second-order valence-electron chi connectivity index (χ2n) is 7.53. The quantitative estimate of drug-likeness (QED) is 0.793. The third kappa shape index (κ3) is 2.97. The molecule has 0 saturated carbocycles. The lowest BCUT2D eigenvalue weighted by molar-refractivity contribution is 0.0206.